The number of hydrogen-bond acceptors (Lipinski definition) is 6. The molecule has 23 heavy (non-hydrogen) atoms. The normalized spacial score (nSPS) is 11.2. The van der Waals surface area contributed by atoms with Crippen molar-refractivity contribution in [2.24, 2.45) is 0 Å². The molecule has 1 amide bonds. The highest BCUT2D eigenvalue weighted by Crippen LogP contribution is 2.02. The number of carbonyl (C=O) groups is 2. The van der Waals surface area contributed by atoms with E-state index in [1.54, 1.807) is 0 Å². The van der Waals surface area contributed by atoms with Crippen molar-refractivity contribution in [1.29, 1.82) is 0 Å². The quantitative estimate of drug-likeness (QED) is 0.401. The molecule has 0 saturated carbocycles. The Morgan fingerprint density at radius 1 is 1.26 bits per heavy atom. The van der Waals surface area contributed by atoms with E-state index >= 15 is 0 Å². The third kappa shape index (κ3) is 8.15. The smallest absolute Gasteiger partial charge is 0.407 e. The van der Waals surface area contributed by atoms with E-state index in [4.69, 9.17) is 14.2 Å². The minimum absolute atomic E-state index is 0.111. The van der Waals surface area contributed by atoms with E-state index in [1.807, 2.05) is 37.3 Å². The minimum atomic E-state index is -0.980. The third-order valence-corrected chi connectivity index (χ3v) is 3.00. The molecule has 0 fully saturated rings. The van der Waals surface area contributed by atoms with Crippen molar-refractivity contribution in [3.05, 3.63) is 35.9 Å². The van der Waals surface area contributed by atoms with E-state index in [0.717, 1.165) is 24.0 Å². The van der Waals surface area contributed by atoms with Gasteiger partial charge in [-0.15, -0.1) is 0 Å². The van der Waals surface area contributed by atoms with Crippen molar-refractivity contribution >= 4 is 29.8 Å². The van der Waals surface area contributed by atoms with Crippen molar-refractivity contribution in [1.82, 2.24) is 5.32 Å². The molecular formula is C16H21NO5S. The van der Waals surface area contributed by atoms with Gasteiger partial charge in [0.1, 0.15) is 18.8 Å². The summed E-state index contributed by atoms with van der Waals surface area (Å²) in [5.74, 6) is -0.613. The van der Waals surface area contributed by atoms with Gasteiger partial charge in [-0.1, -0.05) is 43.7 Å². The molecule has 0 aliphatic carbocycles. The molecule has 1 rings (SSSR count). The van der Waals surface area contributed by atoms with Crippen LogP contribution in [0.3, 0.4) is 0 Å². The first-order chi connectivity index (χ1) is 11.2. The number of nitrogens with one attached hydrogen (secondary N) is 1. The Hall–Kier alpha value is -2.15. The van der Waals surface area contributed by atoms with Crippen molar-refractivity contribution in [3.63, 3.8) is 0 Å². The number of alkyl carbamates (subject to hydrolysis) is 1. The summed E-state index contributed by atoms with van der Waals surface area (Å²) < 4.78 is 15.0. The van der Waals surface area contributed by atoms with Crippen molar-refractivity contribution in [3.8, 4) is 0 Å². The zero-order chi connectivity index (χ0) is 16.9. The van der Waals surface area contributed by atoms with Gasteiger partial charge in [-0.3, -0.25) is 0 Å². The predicted molar refractivity (Wildman–Crippen MR) is 89.0 cm³/mol. The second-order valence-electron chi connectivity index (χ2n) is 4.71. The molecule has 126 valence electrons. The Balaban J connectivity index is 2.49. The van der Waals surface area contributed by atoms with Crippen LogP contribution in [0.25, 0.3) is 0 Å². The number of rotatable bonds is 10. The molecule has 0 aromatic heterocycles. The van der Waals surface area contributed by atoms with Gasteiger partial charge in [0.25, 0.3) is 0 Å². The number of amides is 1. The highest BCUT2D eigenvalue weighted by molar-refractivity contribution is 7.78. The van der Waals surface area contributed by atoms with Crippen LogP contribution in [-0.4, -0.2) is 36.9 Å². The molecule has 1 aromatic rings. The van der Waals surface area contributed by atoms with E-state index in [-0.39, 0.29) is 13.2 Å². The zero-order valence-corrected chi connectivity index (χ0v) is 13.8. The van der Waals surface area contributed by atoms with Crippen LogP contribution >= 0.6 is 12.2 Å². The molecule has 0 aliphatic heterocycles. The molecule has 0 radical (unpaired) electrons. The van der Waals surface area contributed by atoms with E-state index in [1.165, 1.54) is 0 Å². The lowest BCUT2D eigenvalue weighted by Gasteiger charge is -2.17. The van der Waals surface area contributed by atoms with Crippen molar-refractivity contribution < 1.29 is 23.8 Å². The van der Waals surface area contributed by atoms with Gasteiger partial charge in [0.2, 0.25) is 0 Å². The van der Waals surface area contributed by atoms with E-state index in [0.29, 0.717) is 6.61 Å². The predicted octanol–water partition coefficient (Wildman–Crippen LogP) is 2.60. The van der Waals surface area contributed by atoms with Crippen LogP contribution in [0.15, 0.2) is 30.3 Å². The Morgan fingerprint density at radius 2 is 2.00 bits per heavy atom. The zero-order valence-electron chi connectivity index (χ0n) is 13.0. The second kappa shape index (κ2) is 11.4. The van der Waals surface area contributed by atoms with Gasteiger partial charge < -0.3 is 19.5 Å². The average molecular weight is 339 g/mol. The molecule has 0 heterocycles. The van der Waals surface area contributed by atoms with Crippen LogP contribution in [-0.2, 0) is 25.6 Å². The van der Waals surface area contributed by atoms with Crippen LogP contribution in [0, 0.1) is 0 Å². The summed E-state index contributed by atoms with van der Waals surface area (Å²) in [5, 5.41) is 2.42. The Bertz CT molecular complexity index is 495. The summed E-state index contributed by atoms with van der Waals surface area (Å²) in [4.78, 5) is 23.7. The van der Waals surface area contributed by atoms with Gasteiger partial charge in [-0.2, -0.15) is 0 Å². The van der Waals surface area contributed by atoms with Crippen molar-refractivity contribution in [2.75, 3.05) is 13.2 Å². The molecule has 7 heteroatoms. The summed E-state index contributed by atoms with van der Waals surface area (Å²) in [6.07, 6.45) is 0.977. The molecule has 0 aliphatic rings. The third-order valence-electron chi connectivity index (χ3n) is 2.86. The summed E-state index contributed by atoms with van der Waals surface area (Å²) in [6.45, 7) is 2.28. The Morgan fingerprint density at radius 3 is 2.65 bits per heavy atom. The maximum absolute atomic E-state index is 12.1. The van der Waals surface area contributed by atoms with Gasteiger partial charge in [-0.05, 0) is 24.2 Å². The van der Waals surface area contributed by atoms with Gasteiger partial charge in [0, 0.05) is 0 Å². The first kappa shape index (κ1) is 18.9. The maximum atomic E-state index is 12.1. The number of hydrogen-bond donors (Lipinski definition) is 1. The molecular weight excluding hydrogens is 318 g/mol. The monoisotopic (exact) mass is 339 g/mol. The summed E-state index contributed by atoms with van der Waals surface area (Å²) in [7, 11) is 0. The fourth-order valence-corrected chi connectivity index (χ4v) is 1.71. The summed E-state index contributed by atoms with van der Waals surface area (Å²) in [6, 6.07) is 8.25. The number of ether oxygens (including phenoxy) is 3. The van der Waals surface area contributed by atoms with Crippen LogP contribution < -0.4 is 5.32 Å². The molecule has 0 bridgehead atoms. The number of esters is 1. The van der Waals surface area contributed by atoms with E-state index in [9.17, 15) is 9.59 Å². The van der Waals surface area contributed by atoms with Crippen LogP contribution in [0.1, 0.15) is 25.3 Å². The molecule has 1 N–H and O–H groups in total. The van der Waals surface area contributed by atoms with Gasteiger partial charge in [0.05, 0.1) is 6.61 Å². The fraction of sp³-hybridized carbons (Fsp3) is 0.438. The Kier molecular flexibility index (Phi) is 9.38. The lowest BCUT2D eigenvalue weighted by molar-refractivity contribution is -0.148. The maximum Gasteiger partial charge on any atom is 0.407 e. The van der Waals surface area contributed by atoms with Gasteiger partial charge >= 0.3 is 12.1 Å². The standard InChI is InChI=1S/C16H21NO5S/c1-2-3-9-21-16(19)17-14(11-20-12-23)15(18)22-10-13-7-5-4-6-8-13/h4-8,12,14H,2-3,9-11H2,1H3,(H,17,19). The average Bonchev–Trinajstić information content (AvgIpc) is 2.57. The topological polar surface area (TPSA) is 73.9 Å². The number of carbonyl (C=O) groups excluding carboxylic acids is 2. The molecule has 1 atom stereocenters. The first-order valence-corrected chi connectivity index (χ1v) is 7.83. The number of unbranched alkanes of at least 4 members (excludes halogenated alkanes) is 1. The number of benzene rings is 1. The highest BCUT2D eigenvalue weighted by atomic mass is 32.1. The molecule has 0 spiro atoms. The minimum Gasteiger partial charge on any atom is -0.487 e. The lowest BCUT2D eigenvalue weighted by atomic mass is 10.2. The molecule has 1 unspecified atom stereocenters. The summed E-state index contributed by atoms with van der Waals surface area (Å²) in [5.41, 5.74) is 1.88. The van der Waals surface area contributed by atoms with Crippen LogP contribution in [0.2, 0.25) is 0 Å². The van der Waals surface area contributed by atoms with E-state index < -0.39 is 18.1 Å². The lowest BCUT2D eigenvalue weighted by Crippen LogP contribution is -2.45. The van der Waals surface area contributed by atoms with Crippen LogP contribution in [0.4, 0.5) is 4.79 Å². The summed E-state index contributed by atoms with van der Waals surface area (Å²) >= 11 is 4.55. The second-order valence-corrected chi connectivity index (χ2v) is 4.90. The van der Waals surface area contributed by atoms with E-state index in [2.05, 4.69) is 17.5 Å². The van der Waals surface area contributed by atoms with Crippen LogP contribution in [0.5, 0.6) is 0 Å². The van der Waals surface area contributed by atoms with Gasteiger partial charge in [-0.25, -0.2) is 9.59 Å². The molecule has 1 aromatic carbocycles. The SMILES string of the molecule is CCCCOC(=O)NC(COC=S)C(=O)OCc1ccccc1. The highest BCUT2D eigenvalue weighted by Gasteiger charge is 2.23. The fourth-order valence-electron chi connectivity index (χ4n) is 1.63. The first-order valence-electron chi connectivity index (χ1n) is 7.36. The molecule has 6 nitrogen and oxygen atoms in total. The van der Waals surface area contributed by atoms with Crippen molar-refractivity contribution in [2.45, 2.75) is 32.4 Å². The number of thiocarbonyl (C=S) groups is 1. The van der Waals surface area contributed by atoms with Gasteiger partial charge in [0.15, 0.2) is 6.04 Å². The largest absolute Gasteiger partial charge is 0.487 e. The molecule has 0 saturated heterocycles. The Labute approximate surface area is 141 Å².